The summed E-state index contributed by atoms with van der Waals surface area (Å²) in [7, 11) is -0.149. The van der Waals surface area contributed by atoms with E-state index in [1.165, 1.54) is 4.90 Å². The van der Waals surface area contributed by atoms with Gasteiger partial charge in [0, 0.05) is 51.7 Å². The summed E-state index contributed by atoms with van der Waals surface area (Å²) >= 11 is 0. The van der Waals surface area contributed by atoms with Crippen LogP contribution in [0.4, 0.5) is 23.1 Å². The van der Waals surface area contributed by atoms with Gasteiger partial charge in [0.05, 0.1) is 0 Å². The molecule has 0 amide bonds. The molecule has 2 heterocycles. The van der Waals surface area contributed by atoms with Crippen molar-refractivity contribution in [2.75, 3.05) is 10.6 Å². The summed E-state index contributed by atoms with van der Waals surface area (Å²) in [5.41, 5.74) is 3.96. The van der Waals surface area contributed by atoms with Gasteiger partial charge < -0.3 is 15.2 Å². The Balaban J connectivity index is 1.51. The van der Waals surface area contributed by atoms with Crippen LogP contribution >= 0.6 is 10.7 Å². The highest BCUT2D eigenvalue weighted by Crippen LogP contribution is 2.29. The quantitative estimate of drug-likeness (QED) is 0.258. The highest BCUT2D eigenvalue weighted by Gasteiger charge is 2.12. The molecule has 35 heavy (non-hydrogen) atoms. The standard InChI is InChI=1S/C27H33N7S/c1-7-35(33-27(4,5)6)24-10-8-9-22(17-24)30-25-19(2)18-29-26(32-25)31-21-11-13-23(14-12-21)34-16-15-28-20(34)3/h7-18,33H,1-6H3,(H2,29,30,31,32). The minimum absolute atomic E-state index is 0.0265. The molecule has 0 fully saturated rings. The molecule has 0 bridgehead atoms. The molecule has 0 saturated carbocycles. The molecule has 0 radical (unpaired) electrons. The predicted molar refractivity (Wildman–Crippen MR) is 149 cm³/mol. The smallest absolute Gasteiger partial charge is 0.229 e. The fourth-order valence-corrected chi connectivity index (χ4v) is 5.19. The Morgan fingerprint density at radius 1 is 0.943 bits per heavy atom. The van der Waals surface area contributed by atoms with Crippen molar-refractivity contribution in [3.05, 3.63) is 78.5 Å². The molecule has 1 unspecified atom stereocenters. The molecule has 0 aliphatic carbocycles. The zero-order valence-electron chi connectivity index (χ0n) is 21.1. The topological polar surface area (TPSA) is 79.7 Å². The summed E-state index contributed by atoms with van der Waals surface area (Å²) in [6.07, 6.45) is 5.58. The predicted octanol–water partition coefficient (Wildman–Crippen LogP) is 6.52. The van der Waals surface area contributed by atoms with Crippen LogP contribution in [0.2, 0.25) is 0 Å². The summed E-state index contributed by atoms with van der Waals surface area (Å²) in [6.45, 7) is 12.6. The second kappa shape index (κ2) is 10.4. The van der Waals surface area contributed by atoms with Crippen molar-refractivity contribution in [2.24, 2.45) is 0 Å². The Kier molecular flexibility index (Phi) is 7.33. The summed E-state index contributed by atoms with van der Waals surface area (Å²) in [4.78, 5) is 14.7. The molecule has 4 rings (SSSR count). The largest absolute Gasteiger partial charge is 0.340 e. The molecular weight excluding hydrogens is 454 g/mol. The fourth-order valence-electron chi connectivity index (χ4n) is 3.55. The molecule has 0 spiro atoms. The number of hydrogen-bond donors (Lipinski definition) is 3. The normalized spacial score (nSPS) is 12.5. The average Bonchev–Trinajstić information content (AvgIpc) is 3.25. The summed E-state index contributed by atoms with van der Waals surface area (Å²) in [6, 6.07) is 16.6. The van der Waals surface area contributed by atoms with E-state index in [0.29, 0.717) is 5.95 Å². The van der Waals surface area contributed by atoms with Crippen molar-refractivity contribution in [3.63, 3.8) is 0 Å². The highest BCUT2D eigenvalue weighted by molar-refractivity contribution is 8.13. The van der Waals surface area contributed by atoms with Crippen molar-refractivity contribution in [1.82, 2.24) is 24.2 Å². The number of imidazole rings is 1. The van der Waals surface area contributed by atoms with Crippen molar-refractivity contribution >= 4 is 39.2 Å². The van der Waals surface area contributed by atoms with Crippen LogP contribution in [0.25, 0.3) is 5.69 Å². The van der Waals surface area contributed by atoms with Crippen LogP contribution in [0.5, 0.6) is 0 Å². The lowest BCUT2D eigenvalue weighted by Gasteiger charge is -2.24. The number of rotatable bonds is 7. The number of anilines is 4. The molecule has 1 atom stereocenters. The Bertz CT molecular complexity index is 1330. The van der Waals surface area contributed by atoms with E-state index in [0.717, 1.165) is 34.3 Å². The van der Waals surface area contributed by atoms with E-state index in [9.17, 15) is 0 Å². The number of nitrogens with zero attached hydrogens (tertiary/aromatic N) is 4. The monoisotopic (exact) mass is 487 g/mol. The molecule has 0 aliphatic heterocycles. The van der Waals surface area contributed by atoms with Gasteiger partial charge in [-0.2, -0.15) is 4.98 Å². The maximum Gasteiger partial charge on any atom is 0.229 e. The van der Waals surface area contributed by atoms with E-state index in [2.05, 4.69) is 82.7 Å². The van der Waals surface area contributed by atoms with Gasteiger partial charge >= 0.3 is 0 Å². The van der Waals surface area contributed by atoms with E-state index < -0.39 is 0 Å². The number of nitrogens with one attached hydrogen (secondary N) is 3. The zero-order valence-corrected chi connectivity index (χ0v) is 21.9. The summed E-state index contributed by atoms with van der Waals surface area (Å²) < 4.78 is 5.72. The van der Waals surface area contributed by atoms with Crippen LogP contribution in [-0.2, 0) is 0 Å². The van der Waals surface area contributed by atoms with Crippen molar-refractivity contribution in [3.8, 4) is 5.69 Å². The molecule has 0 saturated heterocycles. The molecule has 182 valence electrons. The Morgan fingerprint density at radius 3 is 2.37 bits per heavy atom. The van der Waals surface area contributed by atoms with Crippen LogP contribution in [0.15, 0.2) is 72.0 Å². The van der Waals surface area contributed by atoms with E-state index in [1.807, 2.05) is 55.1 Å². The third kappa shape index (κ3) is 6.35. The first-order valence-corrected chi connectivity index (χ1v) is 12.9. The van der Waals surface area contributed by atoms with Crippen LogP contribution < -0.4 is 15.4 Å². The second-order valence-corrected chi connectivity index (χ2v) is 11.1. The van der Waals surface area contributed by atoms with E-state index in [1.54, 1.807) is 6.20 Å². The van der Waals surface area contributed by atoms with E-state index in [4.69, 9.17) is 4.98 Å². The van der Waals surface area contributed by atoms with Crippen molar-refractivity contribution < 1.29 is 0 Å². The van der Waals surface area contributed by atoms with Gasteiger partial charge in [-0.3, -0.25) is 4.72 Å². The van der Waals surface area contributed by atoms with E-state index >= 15 is 0 Å². The van der Waals surface area contributed by atoms with Gasteiger partial charge in [0.2, 0.25) is 5.95 Å². The fraction of sp³-hybridized carbons (Fsp3) is 0.259. The molecule has 3 N–H and O–H groups in total. The van der Waals surface area contributed by atoms with E-state index in [-0.39, 0.29) is 16.2 Å². The molecular formula is C27H33N7S. The Labute approximate surface area is 210 Å². The number of aromatic nitrogens is 4. The van der Waals surface area contributed by atoms with Gasteiger partial charge in [0.1, 0.15) is 11.6 Å². The molecule has 4 aromatic rings. The average molecular weight is 488 g/mol. The van der Waals surface area contributed by atoms with Gasteiger partial charge in [-0.05, 0) is 89.4 Å². The highest BCUT2D eigenvalue weighted by atomic mass is 32.2. The lowest BCUT2D eigenvalue weighted by atomic mass is 10.1. The van der Waals surface area contributed by atoms with Crippen LogP contribution in [-0.4, -0.2) is 30.4 Å². The molecule has 8 heteroatoms. The lowest BCUT2D eigenvalue weighted by molar-refractivity contribution is 0.535. The third-order valence-electron chi connectivity index (χ3n) is 5.20. The first-order valence-electron chi connectivity index (χ1n) is 11.6. The maximum absolute atomic E-state index is 4.73. The van der Waals surface area contributed by atoms with Gasteiger partial charge in [0.15, 0.2) is 0 Å². The van der Waals surface area contributed by atoms with Gasteiger partial charge in [-0.25, -0.2) is 9.97 Å². The summed E-state index contributed by atoms with van der Waals surface area (Å²) in [5.74, 6) is 2.26. The summed E-state index contributed by atoms with van der Waals surface area (Å²) in [5, 5.41) is 8.99. The van der Waals surface area contributed by atoms with Crippen molar-refractivity contribution in [2.45, 2.75) is 52.0 Å². The molecule has 2 aromatic carbocycles. The SMILES string of the molecule is C/C=S(\NC(C)(C)C)c1cccc(Nc2nc(Nc3ccc(-n4ccnc4C)cc3)ncc2C)c1. The number of hydrogen-bond acceptors (Lipinski definition) is 6. The molecule has 2 aromatic heterocycles. The van der Waals surface area contributed by atoms with Gasteiger partial charge in [-0.15, -0.1) is 0 Å². The van der Waals surface area contributed by atoms with Gasteiger partial charge in [0.25, 0.3) is 0 Å². The van der Waals surface area contributed by atoms with Crippen molar-refractivity contribution in [1.29, 1.82) is 0 Å². The molecule has 7 nitrogen and oxygen atoms in total. The van der Waals surface area contributed by atoms with Crippen LogP contribution in [0, 0.1) is 13.8 Å². The van der Waals surface area contributed by atoms with Gasteiger partial charge in [-0.1, -0.05) is 16.7 Å². The minimum atomic E-state index is -0.149. The first kappa shape index (κ1) is 24.6. The lowest BCUT2D eigenvalue weighted by Crippen LogP contribution is -2.31. The third-order valence-corrected chi connectivity index (χ3v) is 7.27. The Morgan fingerprint density at radius 2 is 1.71 bits per heavy atom. The number of aryl methyl sites for hydroxylation is 2. The minimum Gasteiger partial charge on any atom is -0.340 e. The first-order chi connectivity index (χ1) is 16.7. The zero-order chi connectivity index (χ0) is 25.0. The maximum atomic E-state index is 4.73. The Hall–Kier alpha value is -3.49. The van der Waals surface area contributed by atoms with Crippen LogP contribution in [0.1, 0.15) is 39.1 Å². The van der Waals surface area contributed by atoms with Crippen LogP contribution in [0.3, 0.4) is 0 Å². The second-order valence-electron chi connectivity index (χ2n) is 9.32. The number of benzene rings is 2. The molecule has 0 aliphatic rings.